The van der Waals surface area contributed by atoms with Gasteiger partial charge in [-0.1, -0.05) is 0 Å². The highest BCUT2D eigenvalue weighted by Gasteiger charge is 2.28. The number of carbonyl (C=O) groups excluding carboxylic acids is 1. The molecule has 0 aliphatic carbocycles. The van der Waals surface area contributed by atoms with Crippen molar-refractivity contribution in [2.24, 2.45) is 0 Å². The molecule has 0 bridgehead atoms. The second-order valence-corrected chi connectivity index (χ2v) is 5.08. The molecule has 5 nitrogen and oxygen atoms in total. The molecule has 1 saturated heterocycles. The van der Waals surface area contributed by atoms with Crippen LogP contribution in [-0.2, 0) is 4.79 Å². The fraction of sp³-hybridized carbons (Fsp3) is 0.429. The molecule has 1 aliphatic heterocycles. The van der Waals surface area contributed by atoms with Crippen molar-refractivity contribution < 1.29 is 4.79 Å². The number of nitrogens with one attached hydrogen (secondary N) is 3. The first-order chi connectivity index (χ1) is 9.11. The van der Waals surface area contributed by atoms with Crippen LogP contribution in [0.4, 0.5) is 5.69 Å². The minimum absolute atomic E-state index is 0.00199. The number of nitriles is 1. The van der Waals surface area contributed by atoms with Crippen molar-refractivity contribution in [2.75, 3.05) is 25.0 Å². The zero-order chi connectivity index (χ0) is 13.7. The summed E-state index contributed by atoms with van der Waals surface area (Å²) in [5.74, 6) is -0.0715. The highest BCUT2D eigenvalue weighted by atomic mass is 16.1. The Hall–Kier alpha value is -1.90. The molecule has 0 saturated carbocycles. The topological polar surface area (TPSA) is 77.0 Å². The minimum atomic E-state index is -0.0715. The Balaban J connectivity index is 1.82. The first-order valence-electron chi connectivity index (χ1n) is 6.37. The van der Waals surface area contributed by atoms with E-state index in [1.165, 1.54) is 0 Å². The highest BCUT2D eigenvalue weighted by molar-refractivity contribution is 5.92. The van der Waals surface area contributed by atoms with Crippen molar-refractivity contribution in [3.8, 4) is 6.07 Å². The van der Waals surface area contributed by atoms with Gasteiger partial charge in [0.25, 0.3) is 0 Å². The van der Waals surface area contributed by atoms with Gasteiger partial charge in [0.05, 0.1) is 18.2 Å². The third-order valence-corrected chi connectivity index (χ3v) is 3.34. The molecule has 1 amide bonds. The maximum absolute atomic E-state index is 11.8. The Morgan fingerprint density at radius 1 is 1.47 bits per heavy atom. The van der Waals surface area contributed by atoms with Gasteiger partial charge in [-0.3, -0.25) is 4.79 Å². The number of rotatable bonds is 4. The molecule has 0 spiro atoms. The van der Waals surface area contributed by atoms with Crippen LogP contribution in [0.15, 0.2) is 24.3 Å². The summed E-state index contributed by atoms with van der Waals surface area (Å²) in [7, 11) is 0. The summed E-state index contributed by atoms with van der Waals surface area (Å²) >= 11 is 0. The molecule has 1 unspecified atom stereocenters. The predicted octanol–water partition coefficient (Wildman–Crippen LogP) is 0.838. The summed E-state index contributed by atoms with van der Waals surface area (Å²) < 4.78 is 0. The van der Waals surface area contributed by atoms with Crippen LogP contribution >= 0.6 is 0 Å². The predicted molar refractivity (Wildman–Crippen MR) is 73.7 cm³/mol. The molecule has 5 heteroatoms. The molecule has 1 aliphatic rings. The largest absolute Gasteiger partial charge is 0.325 e. The Labute approximate surface area is 113 Å². The van der Waals surface area contributed by atoms with Gasteiger partial charge in [0.15, 0.2) is 0 Å². The van der Waals surface area contributed by atoms with Crippen LogP contribution in [0.2, 0.25) is 0 Å². The summed E-state index contributed by atoms with van der Waals surface area (Å²) in [6, 6.07) is 8.88. The smallest absolute Gasteiger partial charge is 0.238 e. The van der Waals surface area contributed by atoms with E-state index in [9.17, 15) is 4.79 Å². The monoisotopic (exact) mass is 258 g/mol. The zero-order valence-corrected chi connectivity index (χ0v) is 11.0. The van der Waals surface area contributed by atoms with Gasteiger partial charge in [-0.05, 0) is 44.2 Å². The van der Waals surface area contributed by atoms with Gasteiger partial charge >= 0.3 is 0 Å². The summed E-state index contributed by atoms with van der Waals surface area (Å²) in [6.45, 7) is 4.28. The zero-order valence-electron chi connectivity index (χ0n) is 11.0. The summed E-state index contributed by atoms with van der Waals surface area (Å²) in [4.78, 5) is 11.8. The number of amides is 1. The summed E-state index contributed by atoms with van der Waals surface area (Å²) in [5, 5.41) is 18.0. The number of hydrogen-bond donors (Lipinski definition) is 3. The first-order valence-corrected chi connectivity index (χ1v) is 6.37. The molecular weight excluding hydrogens is 240 g/mol. The van der Waals surface area contributed by atoms with Crippen molar-refractivity contribution in [3.05, 3.63) is 29.8 Å². The molecule has 3 N–H and O–H groups in total. The summed E-state index contributed by atoms with van der Waals surface area (Å²) in [6.07, 6.45) is 1.02. The van der Waals surface area contributed by atoms with Crippen molar-refractivity contribution in [1.29, 1.82) is 5.26 Å². The second-order valence-electron chi connectivity index (χ2n) is 5.08. The average molecular weight is 258 g/mol. The van der Waals surface area contributed by atoms with Crippen LogP contribution in [0.1, 0.15) is 18.9 Å². The quantitative estimate of drug-likeness (QED) is 0.748. The molecular formula is C14H18N4O. The van der Waals surface area contributed by atoms with Gasteiger partial charge in [0, 0.05) is 17.8 Å². The first kappa shape index (κ1) is 13.5. The van der Waals surface area contributed by atoms with E-state index in [0.717, 1.165) is 19.5 Å². The minimum Gasteiger partial charge on any atom is -0.325 e. The number of hydrogen-bond acceptors (Lipinski definition) is 4. The Bertz CT molecular complexity index is 483. The van der Waals surface area contributed by atoms with E-state index >= 15 is 0 Å². The fourth-order valence-corrected chi connectivity index (χ4v) is 2.09. The lowest BCUT2D eigenvalue weighted by molar-refractivity contribution is -0.115. The maximum Gasteiger partial charge on any atom is 0.238 e. The molecule has 2 rings (SSSR count). The van der Waals surface area contributed by atoms with Crippen molar-refractivity contribution in [1.82, 2.24) is 10.6 Å². The van der Waals surface area contributed by atoms with Crippen molar-refractivity contribution >= 4 is 11.6 Å². The Morgan fingerprint density at radius 2 is 2.21 bits per heavy atom. The standard InChI is InChI=1S/C14H18N4O/c1-14(6-7-16-10-14)17-9-13(19)18-12-4-2-11(8-15)3-5-12/h2-5,16-17H,6-7,9-10H2,1H3,(H,18,19). The van der Waals surface area contributed by atoms with E-state index < -0.39 is 0 Å². The van der Waals surface area contributed by atoms with Gasteiger partial charge in [-0.2, -0.15) is 5.26 Å². The molecule has 1 heterocycles. The van der Waals surface area contributed by atoms with Crippen molar-refractivity contribution in [2.45, 2.75) is 18.9 Å². The molecule has 1 aromatic carbocycles. The second kappa shape index (κ2) is 5.83. The van der Waals surface area contributed by atoms with Crippen LogP contribution in [-0.4, -0.2) is 31.1 Å². The lowest BCUT2D eigenvalue weighted by Gasteiger charge is -2.24. The fourth-order valence-electron chi connectivity index (χ4n) is 2.09. The lowest BCUT2D eigenvalue weighted by Crippen LogP contribution is -2.47. The van der Waals surface area contributed by atoms with Crippen LogP contribution in [0.3, 0.4) is 0 Å². The molecule has 1 aromatic rings. The number of benzene rings is 1. The third kappa shape index (κ3) is 3.78. The molecule has 1 atom stereocenters. The van der Waals surface area contributed by atoms with E-state index in [1.807, 2.05) is 6.07 Å². The molecule has 100 valence electrons. The number of anilines is 1. The normalized spacial score (nSPS) is 21.9. The Morgan fingerprint density at radius 3 is 2.79 bits per heavy atom. The maximum atomic E-state index is 11.8. The lowest BCUT2D eigenvalue weighted by atomic mass is 10.0. The average Bonchev–Trinajstić information content (AvgIpc) is 2.85. The Kier molecular flexibility index (Phi) is 4.15. The number of carbonyl (C=O) groups is 1. The third-order valence-electron chi connectivity index (χ3n) is 3.34. The van der Waals surface area contributed by atoms with Gasteiger partial charge in [-0.15, -0.1) is 0 Å². The van der Waals surface area contributed by atoms with E-state index in [1.54, 1.807) is 24.3 Å². The van der Waals surface area contributed by atoms with Crippen molar-refractivity contribution in [3.63, 3.8) is 0 Å². The van der Waals surface area contributed by atoms with Gasteiger partial charge in [-0.25, -0.2) is 0 Å². The van der Waals surface area contributed by atoms with Crippen LogP contribution in [0, 0.1) is 11.3 Å². The SMILES string of the molecule is CC1(NCC(=O)Nc2ccc(C#N)cc2)CCNC1. The van der Waals surface area contributed by atoms with E-state index in [4.69, 9.17) is 5.26 Å². The molecule has 0 radical (unpaired) electrons. The van der Waals surface area contributed by atoms with Crippen LogP contribution in [0.5, 0.6) is 0 Å². The highest BCUT2D eigenvalue weighted by Crippen LogP contribution is 2.13. The van der Waals surface area contributed by atoms with Crippen LogP contribution < -0.4 is 16.0 Å². The summed E-state index contributed by atoms with van der Waals surface area (Å²) in [5.41, 5.74) is 1.29. The van der Waals surface area contributed by atoms with Crippen LogP contribution in [0.25, 0.3) is 0 Å². The molecule has 19 heavy (non-hydrogen) atoms. The van der Waals surface area contributed by atoms with E-state index in [-0.39, 0.29) is 18.0 Å². The van der Waals surface area contributed by atoms with Gasteiger partial charge in [0.1, 0.15) is 0 Å². The number of nitrogens with zero attached hydrogens (tertiary/aromatic N) is 1. The van der Waals surface area contributed by atoms with E-state index in [0.29, 0.717) is 11.3 Å². The van der Waals surface area contributed by atoms with E-state index in [2.05, 4.69) is 22.9 Å². The van der Waals surface area contributed by atoms with Gasteiger partial charge < -0.3 is 16.0 Å². The molecule has 0 aromatic heterocycles. The molecule has 1 fully saturated rings. The van der Waals surface area contributed by atoms with Gasteiger partial charge in [0.2, 0.25) is 5.91 Å².